The van der Waals surface area contributed by atoms with Gasteiger partial charge in [0.2, 0.25) is 23.0 Å². The summed E-state index contributed by atoms with van der Waals surface area (Å²) in [6, 6.07) is 5.42. The fraction of sp³-hybridized carbons (Fsp3) is 0.448. The van der Waals surface area contributed by atoms with Gasteiger partial charge < -0.3 is 34.9 Å². The molecule has 0 saturated carbocycles. The quantitative estimate of drug-likeness (QED) is 0.377. The average molecular weight is 556 g/mol. The summed E-state index contributed by atoms with van der Waals surface area (Å²) in [4.78, 5) is 50.1. The van der Waals surface area contributed by atoms with Crippen LogP contribution in [0.3, 0.4) is 0 Å². The third kappa shape index (κ3) is 6.47. The number of benzene rings is 1. The topological polar surface area (TPSA) is 141 Å². The zero-order chi connectivity index (χ0) is 29.6. The largest absolute Gasteiger partial charge is 0.493 e. The van der Waals surface area contributed by atoms with Crippen LogP contribution in [0.15, 0.2) is 29.1 Å². The number of anilines is 1. The van der Waals surface area contributed by atoms with E-state index in [9.17, 15) is 19.2 Å². The standard InChI is InChI=1S/C29H37N3O8/c1-15(2)26(29(36)40-7)32-24(35)14-30-21-11-9-18-19(13-22(21)34)20(31-16(3)33)10-8-17-12-23(37-4)27(38-5)28(39-6)25(17)18/h9,11-13,15,20,26H,8,10,14H2,1-7H3,(H,30,34)(H,31,33)(H,32,35). The van der Waals surface area contributed by atoms with E-state index in [1.54, 1.807) is 33.1 Å². The van der Waals surface area contributed by atoms with Gasteiger partial charge in [-0.05, 0) is 53.6 Å². The molecule has 2 aromatic carbocycles. The van der Waals surface area contributed by atoms with Crippen LogP contribution in [0.5, 0.6) is 17.2 Å². The zero-order valence-corrected chi connectivity index (χ0v) is 23.9. The molecule has 0 heterocycles. The molecule has 3 N–H and O–H groups in total. The number of hydrogen-bond donors (Lipinski definition) is 3. The molecule has 0 fully saturated rings. The molecule has 1 aliphatic rings. The van der Waals surface area contributed by atoms with Crippen molar-refractivity contribution in [2.24, 2.45) is 5.92 Å². The molecule has 2 atom stereocenters. The van der Waals surface area contributed by atoms with Crippen molar-refractivity contribution in [1.82, 2.24) is 10.6 Å². The number of carbonyl (C=O) groups excluding carboxylic acids is 3. The molecule has 0 radical (unpaired) electrons. The summed E-state index contributed by atoms with van der Waals surface area (Å²) in [7, 11) is 5.84. The highest BCUT2D eigenvalue weighted by Gasteiger charge is 2.30. The maximum absolute atomic E-state index is 13.4. The Labute approximate surface area is 233 Å². The van der Waals surface area contributed by atoms with Crippen molar-refractivity contribution < 1.29 is 33.3 Å². The van der Waals surface area contributed by atoms with Crippen molar-refractivity contribution in [2.75, 3.05) is 40.3 Å². The summed E-state index contributed by atoms with van der Waals surface area (Å²) in [6.07, 6.45) is 1.10. The lowest BCUT2D eigenvalue weighted by Gasteiger charge is -2.19. The summed E-state index contributed by atoms with van der Waals surface area (Å²) < 4.78 is 21.7. The van der Waals surface area contributed by atoms with Crippen LogP contribution in [-0.4, -0.2) is 58.8 Å². The summed E-state index contributed by atoms with van der Waals surface area (Å²) in [6.45, 7) is 4.76. The molecule has 0 aromatic heterocycles. The number of fused-ring (bicyclic) bond motifs is 3. The van der Waals surface area contributed by atoms with Gasteiger partial charge in [-0.1, -0.05) is 19.9 Å². The number of carbonyl (C=O) groups is 3. The second kappa shape index (κ2) is 13.2. The smallest absolute Gasteiger partial charge is 0.328 e. The van der Waals surface area contributed by atoms with Gasteiger partial charge in [0.1, 0.15) is 6.04 Å². The number of nitrogens with one attached hydrogen (secondary N) is 3. The van der Waals surface area contributed by atoms with E-state index in [2.05, 4.69) is 16.0 Å². The molecule has 0 saturated heterocycles. The van der Waals surface area contributed by atoms with E-state index in [4.69, 9.17) is 18.9 Å². The van der Waals surface area contributed by atoms with Gasteiger partial charge >= 0.3 is 5.97 Å². The second-order valence-electron chi connectivity index (χ2n) is 9.76. The molecule has 2 aromatic rings. The van der Waals surface area contributed by atoms with Gasteiger partial charge in [-0.25, -0.2) is 4.79 Å². The van der Waals surface area contributed by atoms with Crippen LogP contribution < -0.4 is 35.6 Å². The SMILES string of the molecule is COC(=O)C(NC(=O)CNc1ccc2c(cc1=O)C(NC(C)=O)CCc1cc(OC)c(OC)c(OC)c1-2)C(C)C. The van der Waals surface area contributed by atoms with Crippen LogP contribution >= 0.6 is 0 Å². The number of esters is 1. The Kier molecular flexibility index (Phi) is 9.98. The molecule has 40 heavy (non-hydrogen) atoms. The zero-order valence-electron chi connectivity index (χ0n) is 23.9. The van der Waals surface area contributed by atoms with E-state index in [1.165, 1.54) is 34.3 Å². The van der Waals surface area contributed by atoms with E-state index in [0.29, 0.717) is 41.2 Å². The van der Waals surface area contributed by atoms with Crippen LogP contribution in [0.4, 0.5) is 5.69 Å². The predicted molar refractivity (Wildman–Crippen MR) is 150 cm³/mol. The first kappa shape index (κ1) is 30.3. The van der Waals surface area contributed by atoms with Crippen LogP contribution in [0.1, 0.15) is 44.4 Å². The Morgan fingerprint density at radius 2 is 1.70 bits per heavy atom. The molecule has 3 rings (SSSR count). The van der Waals surface area contributed by atoms with Gasteiger partial charge in [0.15, 0.2) is 11.5 Å². The van der Waals surface area contributed by atoms with Gasteiger partial charge in [-0.3, -0.25) is 14.4 Å². The van der Waals surface area contributed by atoms with Crippen molar-refractivity contribution in [3.8, 4) is 28.4 Å². The third-order valence-corrected chi connectivity index (χ3v) is 6.79. The molecule has 216 valence electrons. The number of hydrogen-bond acceptors (Lipinski definition) is 9. The van der Waals surface area contributed by atoms with Crippen LogP contribution in [-0.2, 0) is 25.5 Å². The molecule has 11 nitrogen and oxygen atoms in total. The molecule has 0 aliphatic heterocycles. The highest BCUT2D eigenvalue weighted by molar-refractivity contribution is 5.87. The summed E-state index contributed by atoms with van der Waals surface area (Å²) in [5.74, 6) is -0.0970. The first-order chi connectivity index (χ1) is 19.1. The molecule has 11 heteroatoms. The first-order valence-electron chi connectivity index (χ1n) is 12.9. The van der Waals surface area contributed by atoms with E-state index in [1.807, 2.05) is 6.07 Å². The van der Waals surface area contributed by atoms with Gasteiger partial charge in [0.05, 0.1) is 46.7 Å². The summed E-state index contributed by atoms with van der Waals surface area (Å²) in [5.41, 5.74) is 2.70. The Bertz CT molecular complexity index is 1340. The first-order valence-corrected chi connectivity index (χ1v) is 12.9. The third-order valence-electron chi connectivity index (χ3n) is 6.79. The molecular formula is C29H37N3O8. The van der Waals surface area contributed by atoms with Gasteiger partial charge in [-0.2, -0.15) is 0 Å². The van der Waals surface area contributed by atoms with Gasteiger partial charge in [0.25, 0.3) is 0 Å². The Hall–Kier alpha value is -4.28. The molecule has 2 unspecified atom stereocenters. The number of rotatable bonds is 10. The van der Waals surface area contributed by atoms with Crippen molar-refractivity contribution in [1.29, 1.82) is 0 Å². The Morgan fingerprint density at radius 3 is 2.27 bits per heavy atom. The number of amides is 2. The van der Waals surface area contributed by atoms with E-state index >= 15 is 0 Å². The lowest BCUT2D eigenvalue weighted by atomic mass is 9.95. The van der Waals surface area contributed by atoms with Crippen molar-refractivity contribution >= 4 is 23.5 Å². The molecule has 0 bridgehead atoms. The normalized spacial score (nSPS) is 14.6. The Morgan fingerprint density at radius 1 is 1.00 bits per heavy atom. The van der Waals surface area contributed by atoms with Crippen LogP contribution in [0, 0.1) is 5.92 Å². The lowest BCUT2D eigenvalue weighted by molar-refractivity contribution is -0.146. The maximum atomic E-state index is 13.4. The van der Waals surface area contributed by atoms with Crippen molar-refractivity contribution in [2.45, 2.75) is 45.7 Å². The number of methoxy groups -OCH3 is 4. The molecule has 1 aliphatic carbocycles. The number of aryl methyl sites for hydroxylation is 1. The fourth-order valence-corrected chi connectivity index (χ4v) is 4.88. The fourth-order valence-electron chi connectivity index (χ4n) is 4.88. The van der Waals surface area contributed by atoms with E-state index in [-0.39, 0.29) is 29.5 Å². The molecule has 2 amide bonds. The summed E-state index contributed by atoms with van der Waals surface area (Å²) in [5, 5.41) is 8.48. The molecule has 0 spiro atoms. The van der Waals surface area contributed by atoms with E-state index in [0.717, 1.165) is 11.1 Å². The monoisotopic (exact) mass is 555 g/mol. The summed E-state index contributed by atoms with van der Waals surface area (Å²) >= 11 is 0. The highest BCUT2D eigenvalue weighted by atomic mass is 16.5. The average Bonchev–Trinajstić information content (AvgIpc) is 3.17. The number of ether oxygens (including phenoxy) is 4. The van der Waals surface area contributed by atoms with Gasteiger partial charge in [0, 0.05) is 12.5 Å². The van der Waals surface area contributed by atoms with Crippen molar-refractivity contribution in [3.63, 3.8) is 0 Å². The van der Waals surface area contributed by atoms with Gasteiger partial charge in [-0.15, -0.1) is 0 Å². The minimum atomic E-state index is -0.816. The van der Waals surface area contributed by atoms with Crippen molar-refractivity contribution in [3.05, 3.63) is 45.6 Å². The molecular weight excluding hydrogens is 518 g/mol. The minimum absolute atomic E-state index is 0.171. The van der Waals surface area contributed by atoms with Crippen LogP contribution in [0.25, 0.3) is 11.1 Å². The predicted octanol–water partition coefficient (Wildman–Crippen LogP) is 2.59. The van der Waals surface area contributed by atoms with Crippen LogP contribution in [0.2, 0.25) is 0 Å². The second-order valence-corrected chi connectivity index (χ2v) is 9.76. The minimum Gasteiger partial charge on any atom is -0.493 e. The van der Waals surface area contributed by atoms with E-state index < -0.39 is 24.0 Å². The Balaban J connectivity index is 2.09. The lowest BCUT2D eigenvalue weighted by Crippen LogP contribution is -2.47. The maximum Gasteiger partial charge on any atom is 0.328 e. The highest BCUT2D eigenvalue weighted by Crippen LogP contribution is 2.50.